The predicted octanol–water partition coefficient (Wildman–Crippen LogP) is 4.92. The summed E-state index contributed by atoms with van der Waals surface area (Å²) in [5.41, 5.74) is 3.05. The van der Waals surface area contributed by atoms with Crippen molar-refractivity contribution in [3.63, 3.8) is 0 Å². The largest absolute Gasteiger partial charge is 0.494 e. The van der Waals surface area contributed by atoms with Crippen LogP contribution in [0.1, 0.15) is 18.1 Å². The Bertz CT molecular complexity index is 1530. The number of amides is 1. The number of anilines is 2. The molecule has 0 aliphatic rings. The molecule has 0 saturated heterocycles. The number of carbonyl (C=O) groups excluding carboxylic acids is 1. The number of benzene rings is 3. The van der Waals surface area contributed by atoms with Crippen molar-refractivity contribution in [1.82, 2.24) is 4.98 Å². The molecule has 0 radical (unpaired) electrons. The van der Waals surface area contributed by atoms with Crippen molar-refractivity contribution in [2.45, 2.75) is 18.2 Å². The number of pyridine rings is 1. The van der Waals surface area contributed by atoms with Crippen LogP contribution >= 0.6 is 0 Å². The topological polar surface area (TPSA) is 107 Å². The first kappa shape index (κ1) is 28.4. The highest BCUT2D eigenvalue weighted by molar-refractivity contribution is 7.92. The van der Waals surface area contributed by atoms with Gasteiger partial charge < -0.3 is 19.5 Å². The smallest absolute Gasteiger partial charge is 0.264 e. The first-order chi connectivity index (χ1) is 19.3. The molecule has 0 bridgehead atoms. The first-order valence-electron chi connectivity index (χ1n) is 12.6. The van der Waals surface area contributed by atoms with Gasteiger partial charge in [-0.2, -0.15) is 0 Å². The summed E-state index contributed by atoms with van der Waals surface area (Å²) in [6, 6.07) is 22.1. The minimum atomic E-state index is -4.17. The number of aromatic nitrogens is 1. The van der Waals surface area contributed by atoms with E-state index in [9.17, 15) is 13.2 Å². The Kier molecular flexibility index (Phi) is 9.23. The number of nitrogens with zero attached hydrogens (tertiary/aromatic N) is 2. The summed E-state index contributed by atoms with van der Waals surface area (Å²) in [7, 11) is -1.28. The Balaban J connectivity index is 1.57. The summed E-state index contributed by atoms with van der Waals surface area (Å²) in [5, 5.41) is 2.80. The molecule has 0 unspecified atom stereocenters. The van der Waals surface area contributed by atoms with Gasteiger partial charge in [-0.3, -0.25) is 14.1 Å². The summed E-state index contributed by atoms with van der Waals surface area (Å²) in [5.74, 6) is 0.733. The molecule has 1 amide bonds. The monoisotopic (exact) mass is 561 g/mol. The molecule has 1 N–H and O–H groups in total. The Morgan fingerprint density at radius 3 is 2.12 bits per heavy atom. The maximum Gasteiger partial charge on any atom is 0.264 e. The van der Waals surface area contributed by atoms with Crippen molar-refractivity contribution in [1.29, 1.82) is 0 Å². The quantitative estimate of drug-likeness (QED) is 0.262. The molecule has 208 valence electrons. The van der Waals surface area contributed by atoms with Crippen molar-refractivity contribution in [3.05, 3.63) is 102 Å². The Morgan fingerprint density at radius 2 is 1.50 bits per heavy atom. The van der Waals surface area contributed by atoms with E-state index in [2.05, 4.69) is 10.3 Å². The van der Waals surface area contributed by atoms with Gasteiger partial charge >= 0.3 is 0 Å². The summed E-state index contributed by atoms with van der Waals surface area (Å²) in [6.07, 6.45) is 4.22. The standard InChI is InChI=1S/C30H31N3O6S/c1-4-39-26-11-9-25(10-12-26)33(40(35,36)27-13-14-28(37-2)29(20-27)38-3)21-30(34)32-24-7-5-22(6-8-24)19-23-15-17-31-18-16-23/h5-18,20H,4,19,21H2,1-3H3,(H,32,34). The summed E-state index contributed by atoms with van der Waals surface area (Å²) in [4.78, 5) is 17.1. The number of nitrogens with one attached hydrogen (secondary N) is 1. The van der Waals surface area contributed by atoms with Gasteiger partial charge in [0.15, 0.2) is 11.5 Å². The normalized spacial score (nSPS) is 11.0. The second-order valence-electron chi connectivity index (χ2n) is 8.73. The van der Waals surface area contributed by atoms with E-state index in [1.807, 2.05) is 31.2 Å². The minimum Gasteiger partial charge on any atom is -0.494 e. The molecule has 3 aromatic carbocycles. The summed E-state index contributed by atoms with van der Waals surface area (Å²) < 4.78 is 44.8. The van der Waals surface area contributed by atoms with Gasteiger partial charge in [0.2, 0.25) is 5.91 Å². The fourth-order valence-electron chi connectivity index (χ4n) is 4.07. The highest BCUT2D eigenvalue weighted by atomic mass is 32.2. The van der Waals surface area contributed by atoms with Crippen LogP contribution in [0.3, 0.4) is 0 Å². The van der Waals surface area contributed by atoms with E-state index in [0.717, 1.165) is 21.9 Å². The van der Waals surface area contributed by atoms with Gasteiger partial charge in [0.1, 0.15) is 12.3 Å². The van der Waals surface area contributed by atoms with Crippen LogP contribution < -0.4 is 23.8 Å². The molecule has 40 heavy (non-hydrogen) atoms. The Morgan fingerprint density at radius 1 is 0.850 bits per heavy atom. The van der Waals surface area contributed by atoms with E-state index in [0.29, 0.717) is 29.5 Å². The molecule has 1 aromatic heterocycles. The van der Waals surface area contributed by atoms with Gasteiger partial charge in [-0.15, -0.1) is 0 Å². The second-order valence-corrected chi connectivity index (χ2v) is 10.6. The molecule has 0 atom stereocenters. The van der Waals surface area contributed by atoms with E-state index in [-0.39, 0.29) is 10.6 Å². The average Bonchev–Trinajstić information content (AvgIpc) is 2.97. The fraction of sp³-hybridized carbons (Fsp3) is 0.200. The van der Waals surface area contributed by atoms with Gasteiger partial charge in [0.05, 0.1) is 31.4 Å². The maximum absolute atomic E-state index is 13.8. The van der Waals surface area contributed by atoms with Gasteiger partial charge in [-0.05, 0) is 85.1 Å². The van der Waals surface area contributed by atoms with Crippen LogP contribution in [0.25, 0.3) is 0 Å². The van der Waals surface area contributed by atoms with Crippen molar-refractivity contribution >= 4 is 27.3 Å². The van der Waals surface area contributed by atoms with Gasteiger partial charge in [-0.1, -0.05) is 12.1 Å². The molecular formula is C30H31N3O6S. The zero-order chi connectivity index (χ0) is 28.5. The van der Waals surface area contributed by atoms with E-state index in [1.165, 1.54) is 32.4 Å². The minimum absolute atomic E-state index is 0.0488. The number of sulfonamides is 1. The van der Waals surface area contributed by atoms with E-state index in [4.69, 9.17) is 14.2 Å². The third-order valence-electron chi connectivity index (χ3n) is 6.06. The second kappa shape index (κ2) is 13.0. The molecule has 0 aliphatic heterocycles. The predicted molar refractivity (Wildman–Crippen MR) is 154 cm³/mol. The van der Waals surface area contributed by atoms with Gasteiger partial charge in [0.25, 0.3) is 10.0 Å². The van der Waals surface area contributed by atoms with Crippen molar-refractivity contribution in [2.24, 2.45) is 0 Å². The number of hydrogen-bond acceptors (Lipinski definition) is 7. The molecule has 0 fully saturated rings. The first-order valence-corrected chi connectivity index (χ1v) is 14.0. The number of ether oxygens (including phenoxy) is 3. The third-order valence-corrected chi connectivity index (χ3v) is 7.83. The van der Waals surface area contributed by atoms with Crippen molar-refractivity contribution < 1.29 is 27.4 Å². The summed E-state index contributed by atoms with van der Waals surface area (Å²) in [6.45, 7) is 1.87. The van der Waals surface area contributed by atoms with E-state index >= 15 is 0 Å². The van der Waals surface area contributed by atoms with Gasteiger partial charge in [0, 0.05) is 24.1 Å². The highest BCUT2D eigenvalue weighted by Crippen LogP contribution is 2.32. The average molecular weight is 562 g/mol. The molecule has 1 heterocycles. The molecule has 4 rings (SSSR count). The van der Waals surface area contributed by atoms with Crippen LogP contribution in [-0.2, 0) is 21.2 Å². The van der Waals surface area contributed by atoms with Crippen LogP contribution in [0.4, 0.5) is 11.4 Å². The molecule has 0 spiro atoms. The van der Waals surface area contributed by atoms with Crippen molar-refractivity contribution in [3.8, 4) is 17.2 Å². The molecule has 0 aliphatic carbocycles. The lowest BCUT2D eigenvalue weighted by atomic mass is 10.1. The number of hydrogen-bond donors (Lipinski definition) is 1. The van der Waals surface area contributed by atoms with Crippen LogP contribution in [0.2, 0.25) is 0 Å². The van der Waals surface area contributed by atoms with Crippen molar-refractivity contribution in [2.75, 3.05) is 37.0 Å². The Labute approximate surface area is 234 Å². The lowest BCUT2D eigenvalue weighted by Gasteiger charge is -2.25. The third kappa shape index (κ3) is 6.89. The number of rotatable bonds is 12. The SMILES string of the molecule is CCOc1ccc(N(CC(=O)Nc2ccc(Cc3ccncc3)cc2)S(=O)(=O)c2ccc(OC)c(OC)c2)cc1. The molecule has 10 heteroatoms. The fourth-order valence-corrected chi connectivity index (χ4v) is 5.50. The molecule has 4 aromatic rings. The lowest BCUT2D eigenvalue weighted by Crippen LogP contribution is -2.38. The molecule has 9 nitrogen and oxygen atoms in total. The van der Waals surface area contributed by atoms with E-state index < -0.39 is 22.5 Å². The van der Waals surface area contributed by atoms with Crippen LogP contribution in [0.15, 0.2) is 96.2 Å². The highest BCUT2D eigenvalue weighted by Gasteiger charge is 2.28. The zero-order valence-electron chi connectivity index (χ0n) is 22.5. The number of carbonyl (C=O) groups is 1. The van der Waals surface area contributed by atoms with Gasteiger partial charge in [-0.25, -0.2) is 8.42 Å². The summed E-state index contributed by atoms with van der Waals surface area (Å²) >= 11 is 0. The lowest BCUT2D eigenvalue weighted by molar-refractivity contribution is -0.114. The number of methoxy groups -OCH3 is 2. The van der Waals surface area contributed by atoms with Crippen LogP contribution in [-0.4, -0.2) is 46.7 Å². The van der Waals surface area contributed by atoms with Crippen LogP contribution in [0.5, 0.6) is 17.2 Å². The van der Waals surface area contributed by atoms with Crippen LogP contribution in [0, 0.1) is 0 Å². The Hall–Kier alpha value is -4.57. The molecular weight excluding hydrogens is 530 g/mol. The van der Waals surface area contributed by atoms with E-state index in [1.54, 1.807) is 48.8 Å². The zero-order valence-corrected chi connectivity index (χ0v) is 23.4. The molecule has 0 saturated carbocycles. The maximum atomic E-state index is 13.8.